The maximum atomic E-state index is 12.9. The second-order valence-corrected chi connectivity index (χ2v) is 8.09. The Labute approximate surface area is 192 Å². The zero-order valence-electron chi connectivity index (χ0n) is 18.4. The fourth-order valence-corrected chi connectivity index (χ4v) is 4.17. The number of para-hydroxylation sites is 1. The standard InChI is InChI=1S/C26H26N2O5/c1-2-19-5-3-4-6-21(19)28-26(29)27-20(11-17-7-9-22-24(13-17)32-15-30-22)12-18-8-10-23-25(14-18)33-16-31-23/h3-10,13-14,20H,2,11-12,15-16H2,1H3,(H2,27,28,29). The first-order valence-corrected chi connectivity index (χ1v) is 11.1. The van der Waals surface area contributed by atoms with Gasteiger partial charge in [-0.25, -0.2) is 4.79 Å². The summed E-state index contributed by atoms with van der Waals surface area (Å²) in [7, 11) is 0. The lowest BCUT2D eigenvalue weighted by molar-refractivity contribution is 0.173. The van der Waals surface area contributed by atoms with Gasteiger partial charge in [0.25, 0.3) is 0 Å². The van der Waals surface area contributed by atoms with E-state index in [0.717, 1.165) is 51.8 Å². The molecule has 7 heteroatoms. The minimum absolute atomic E-state index is 0.153. The monoisotopic (exact) mass is 446 g/mol. The third-order valence-electron chi connectivity index (χ3n) is 5.82. The van der Waals surface area contributed by atoms with E-state index in [9.17, 15) is 4.79 Å². The molecule has 0 spiro atoms. The van der Waals surface area contributed by atoms with Crippen molar-refractivity contribution in [1.29, 1.82) is 0 Å². The van der Waals surface area contributed by atoms with Crippen LogP contribution in [0, 0.1) is 0 Å². The number of carbonyl (C=O) groups is 1. The first kappa shape index (κ1) is 21.0. The molecular weight excluding hydrogens is 420 g/mol. The Bertz CT molecular complexity index is 1100. The quantitative estimate of drug-likeness (QED) is 0.551. The molecule has 2 aliphatic heterocycles. The average Bonchev–Trinajstić information content (AvgIpc) is 3.48. The molecule has 2 N–H and O–H groups in total. The summed E-state index contributed by atoms with van der Waals surface area (Å²) in [4.78, 5) is 12.9. The van der Waals surface area contributed by atoms with Crippen LogP contribution in [0.4, 0.5) is 10.5 Å². The molecule has 170 valence electrons. The summed E-state index contributed by atoms with van der Waals surface area (Å²) in [5.74, 6) is 2.95. The number of fused-ring (bicyclic) bond motifs is 2. The average molecular weight is 447 g/mol. The van der Waals surface area contributed by atoms with Gasteiger partial charge in [0.2, 0.25) is 13.6 Å². The number of hydrogen-bond donors (Lipinski definition) is 2. The molecule has 0 unspecified atom stereocenters. The van der Waals surface area contributed by atoms with E-state index < -0.39 is 0 Å². The van der Waals surface area contributed by atoms with Gasteiger partial charge in [-0.2, -0.15) is 0 Å². The minimum Gasteiger partial charge on any atom is -0.454 e. The predicted molar refractivity (Wildman–Crippen MR) is 124 cm³/mol. The summed E-state index contributed by atoms with van der Waals surface area (Å²) >= 11 is 0. The zero-order valence-corrected chi connectivity index (χ0v) is 18.4. The first-order chi connectivity index (χ1) is 16.2. The third kappa shape index (κ3) is 4.82. The summed E-state index contributed by atoms with van der Waals surface area (Å²) in [6.07, 6.45) is 2.11. The molecule has 2 heterocycles. The fourth-order valence-electron chi connectivity index (χ4n) is 4.17. The number of hydrogen-bond acceptors (Lipinski definition) is 5. The Morgan fingerprint density at radius 1 is 0.818 bits per heavy atom. The number of ether oxygens (including phenoxy) is 4. The fraction of sp³-hybridized carbons (Fsp3) is 0.269. The van der Waals surface area contributed by atoms with Crippen molar-refractivity contribution in [3.8, 4) is 23.0 Å². The van der Waals surface area contributed by atoms with E-state index in [1.165, 1.54) is 0 Å². The van der Waals surface area contributed by atoms with E-state index >= 15 is 0 Å². The van der Waals surface area contributed by atoms with Crippen molar-refractivity contribution in [2.24, 2.45) is 0 Å². The Hall–Kier alpha value is -3.87. The summed E-state index contributed by atoms with van der Waals surface area (Å²) in [6, 6.07) is 19.2. The van der Waals surface area contributed by atoms with Gasteiger partial charge >= 0.3 is 6.03 Å². The summed E-state index contributed by atoms with van der Waals surface area (Å²) in [6.45, 7) is 2.54. The highest BCUT2D eigenvalue weighted by atomic mass is 16.7. The molecule has 0 radical (unpaired) electrons. The predicted octanol–water partition coefficient (Wildman–Crippen LogP) is 4.68. The molecule has 0 aliphatic carbocycles. The first-order valence-electron chi connectivity index (χ1n) is 11.1. The molecule has 5 rings (SSSR count). The summed E-state index contributed by atoms with van der Waals surface area (Å²) in [5, 5.41) is 6.16. The Morgan fingerprint density at radius 3 is 2.00 bits per heavy atom. The topological polar surface area (TPSA) is 78.1 Å². The summed E-state index contributed by atoms with van der Waals surface area (Å²) < 4.78 is 21.9. The van der Waals surface area contributed by atoms with Crippen molar-refractivity contribution in [3.63, 3.8) is 0 Å². The van der Waals surface area contributed by atoms with Crippen molar-refractivity contribution in [3.05, 3.63) is 77.4 Å². The van der Waals surface area contributed by atoms with Gasteiger partial charge < -0.3 is 29.6 Å². The second-order valence-electron chi connectivity index (χ2n) is 8.09. The molecule has 2 amide bonds. The van der Waals surface area contributed by atoms with Crippen LogP contribution in [0.5, 0.6) is 23.0 Å². The number of anilines is 1. The van der Waals surface area contributed by atoms with Crippen LogP contribution in [-0.4, -0.2) is 25.7 Å². The number of benzene rings is 3. The molecule has 0 aromatic heterocycles. The Balaban J connectivity index is 1.34. The van der Waals surface area contributed by atoms with Crippen LogP contribution < -0.4 is 29.6 Å². The van der Waals surface area contributed by atoms with Crippen molar-refractivity contribution in [2.75, 3.05) is 18.9 Å². The summed E-state index contributed by atoms with van der Waals surface area (Å²) in [5.41, 5.74) is 4.02. The number of carbonyl (C=O) groups excluding carboxylic acids is 1. The SMILES string of the molecule is CCc1ccccc1NC(=O)NC(Cc1ccc2c(c1)OCO2)Cc1ccc2c(c1)OCO2. The highest BCUT2D eigenvalue weighted by Crippen LogP contribution is 2.34. The lowest BCUT2D eigenvalue weighted by Gasteiger charge is -2.20. The van der Waals surface area contributed by atoms with Crippen LogP contribution in [-0.2, 0) is 19.3 Å². The minimum atomic E-state index is -0.234. The van der Waals surface area contributed by atoms with Crippen molar-refractivity contribution >= 4 is 11.7 Å². The van der Waals surface area contributed by atoms with Crippen LogP contribution in [0.3, 0.4) is 0 Å². The normalized spacial score (nSPS) is 13.3. The van der Waals surface area contributed by atoms with Gasteiger partial charge in [-0.3, -0.25) is 0 Å². The zero-order chi connectivity index (χ0) is 22.6. The number of aryl methyl sites for hydroxylation is 1. The van der Waals surface area contributed by atoms with Crippen molar-refractivity contribution in [2.45, 2.75) is 32.2 Å². The van der Waals surface area contributed by atoms with E-state index in [1.54, 1.807) is 0 Å². The molecule has 0 fully saturated rings. The van der Waals surface area contributed by atoms with Gasteiger partial charge in [0, 0.05) is 11.7 Å². The number of amides is 2. The number of urea groups is 1. The van der Waals surface area contributed by atoms with Crippen LogP contribution in [0.15, 0.2) is 60.7 Å². The second kappa shape index (κ2) is 9.32. The van der Waals surface area contributed by atoms with E-state index in [1.807, 2.05) is 60.7 Å². The third-order valence-corrected chi connectivity index (χ3v) is 5.82. The van der Waals surface area contributed by atoms with Crippen molar-refractivity contribution in [1.82, 2.24) is 5.32 Å². The van der Waals surface area contributed by atoms with E-state index in [4.69, 9.17) is 18.9 Å². The van der Waals surface area contributed by atoms with Crippen LogP contribution in [0.2, 0.25) is 0 Å². The van der Waals surface area contributed by atoms with Crippen LogP contribution >= 0.6 is 0 Å². The van der Waals surface area contributed by atoms with Crippen LogP contribution in [0.1, 0.15) is 23.6 Å². The number of nitrogens with one attached hydrogen (secondary N) is 2. The van der Waals surface area contributed by atoms with Crippen molar-refractivity contribution < 1.29 is 23.7 Å². The molecule has 0 saturated heterocycles. The highest BCUT2D eigenvalue weighted by Gasteiger charge is 2.20. The maximum Gasteiger partial charge on any atom is 0.319 e. The van der Waals surface area contributed by atoms with E-state index in [-0.39, 0.29) is 25.7 Å². The van der Waals surface area contributed by atoms with Crippen LogP contribution in [0.25, 0.3) is 0 Å². The van der Waals surface area contributed by atoms with Gasteiger partial charge in [-0.05, 0) is 66.3 Å². The molecule has 3 aromatic carbocycles. The molecule has 0 saturated carbocycles. The lowest BCUT2D eigenvalue weighted by Crippen LogP contribution is -2.40. The van der Waals surface area contributed by atoms with Gasteiger partial charge in [-0.1, -0.05) is 37.3 Å². The Kier molecular flexibility index (Phi) is 5.93. The molecular formula is C26H26N2O5. The molecule has 33 heavy (non-hydrogen) atoms. The van der Waals surface area contributed by atoms with Gasteiger partial charge in [0.05, 0.1) is 0 Å². The van der Waals surface area contributed by atoms with Gasteiger partial charge in [0.15, 0.2) is 23.0 Å². The Morgan fingerprint density at radius 2 is 1.39 bits per heavy atom. The molecule has 2 aliphatic rings. The molecule has 0 bridgehead atoms. The smallest absolute Gasteiger partial charge is 0.319 e. The van der Waals surface area contributed by atoms with E-state index in [2.05, 4.69) is 17.6 Å². The maximum absolute atomic E-state index is 12.9. The van der Waals surface area contributed by atoms with E-state index in [0.29, 0.717) is 12.8 Å². The highest BCUT2D eigenvalue weighted by molar-refractivity contribution is 5.90. The molecule has 0 atom stereocenters. The number of rotatable bonds is 7. The van der Waals surface area contributed by atoms with Gasteiger partial charge in [-0.15, -0.1) is 0 Å². The van der Waals surface area contributed by atoms with Gasteiger partial charge in [0.1, 0.15) is 0 Å². The largest absolute Gasteiger partial charge is 0.454 e. The molecule has 7 nitrogen and oxygen atoms in total. The molecule has 3 aromatic rings. The lowest BCUT2D eigenvalue weighted by atomic mass is 9.98.